The Balaban J connectivity index is 1.30. The van der Waals surface area contributed by atoms with Crippen molar-refractivity contribution in [2.24, 2.45) is 17.3 Å². The van der Waals surface area contributed by atoms with Crippen LogP contribution in [0.15, 0.2) is 18.2 Å². The van der Waals surface area contributed by atoms with Crippen molar-refractivity contribution in [2.45, 2.75) is 118 Å². The fraction of sp³-hybridized carbons (Fsp3) is 0.781. The molecule has 9 heteroatoms. The van der Waals surface area contributed by atoms with Gasteiger partial charge in [0, 0.05) is 30.1 Å². The molecule has 4 bridgehead atoms. The van der Waals surface area contributed by atoms with Gasteiger partial charge in [0.1, 0.15) is 12.4 Å². The number of carbonyl (C=O) groups is 1. The van der Waals surface area contributed by atoms with Crippen LogP contribution in [0.1, 0.15) is 76.8 Å². The average molecular weight is 640 g/mol. The number of likely N-dealkylation sites (tertiary alicyclic amines) is 2. The predicted octanol–water partition coefficient (Wildman–Crippen LogP) is 8.10. The number of hydrogen-bond donors (Lipinski definition) is 0. The summed E-state index contributed by atoms with van der Waals surface area (Å²) in [5.74, 6) is 1.95. The van der Waals surface area contributed by atoms with E-state index in [1.165, 1.54) is 49.7 Å². The van der Waals surface area contributed by atoms with Gasteiger partial charge in [0.05, 0.1) is 0 Å². The zero-order valence-corrected chi connectivity index (χ0v) is 28.4. The zero-order valence-electron chi connectivity index (χ0n) is 25.2. The molecule has 5 fully saturated rings. The van der Waals surface area contributed by atoms with E-state index in [0.717, 1.165) is 37.7 Å². The molecule has 41 heavy (non-hydrogen) atoms. The van der Waals surface area contributed by atoms with E-state index < -0.39 is 12.1 Å². The van der Waals surface area contributed by atoms with Crippen molar-refractivity contribution < 1.29 is 14.0 Å². The van der Waals surface area contributed by atoms with Crippen LogP contribution in [-0.4, -0.2) is 65.8 Å². The highest BCUT2D eigenvalue weighted by atomic mass is 35.6. The van der Waals surface area contributed by atoms with E-state index in [1.54, 1.807) is 0 Å². The summed E-state index contributed by atoms with van der Waals surface area (Å²) in [6, 6.07) is 8.61. The van der Waals surface area contributed by atoms with Gasteiger partial charge >= 0.3 is 6.09 Å². The molecule has 1 aromatic rings. The quantitative estimate of drug-likeness (QED) is 0.247. The normalized spacial score (nSPS) is 36.4. The minimum absolute atomic E-state index is 0.0656. The summed E-state index contributed by atoms with van der Waals surface area (Å²) in [6.07, 6.45) is 9.47. The van der Waals surface area contributed by atoms with Crippen LogP contribution in [0, 0.1) is 17.3 Å². The molecule has 4 aliphatic carbocycles. The molecular formula is C32H45Cl3N2O3Si. The molecule has 2 heterocycles. The first-order valence-electron chi connectivity index (χ1n) is 15.8. The highest BCUT2D eigenvalue weighted by Crippen LogP contribution is 2.76. The number of fused-ring (bicyclic) bond motifs is 1. The zero-order chi connectivity index (χ0) is 29.2. The summed E-state index contributed by atoms with van der Waals surface area (Å²) in [7, 11) is -1.99. The summed E-state index contributed by atoms with van der Waals surface area (Å²) < 4.78 is 10.9. The summed E-state index contributed by atoms with van der Waals surface area (Å²) in [5, 5.41) is 0.137. The van der Waals surface area contributed by atoms with E-state index in [4.69, 9.17) is 44.0 Å². The van der Waals surface area contributed by atoms with Gasteiger partial charge in [0.15, 0.2) is 0 Å². The van der Waals surface area contributed by atoms with E-state index in [-0.39, 0.29) is 34.6 Å². The Morgan fingerprint density at radius 2 is 1.88 bits per heavy atom. The summed E-state index contributed by atoms with van der Waals surface area (Å²) in [6.45, 7) is 13.3. The molecule has 3 saturated carbocycles. The summed E-state index contributed by atoms with van der Waals surface area (Å²) in [5.41, 5.74) is 3.38. The highest BCUT2D eigenvalue weighted by molar-refractivity contribution is 6.74. The molecule has 0 radical (unpaired) electrons. The Morgan fingerprint density at radius 3 is 2.54 bits per heavy atom. The Bertz CT molecular complexity index is 1240. The Morgan fingerprint density at radius 1 is 1.12 bits per heavy atom. The Hall–Kier alpha value is -0.663. The molecule has 1 amide bonds. The molecule has 5 unspecified atom stereocenters. The minimum Gasteiger partial charge on any atom is -0.543 e. The Kier molecular flexibility index (Phi) is 6.68. The van der Waals surface area contributed by atoms with E-state index in [1.807, 2.05) is 4.90 Å². The summed E-state index contributed by atoms with van der Waals surface area (Å²) >= 11 is 17.8. The second-order valence-corrected chi connectivity index (χ2v) is 22.8. The van der Waals surface area contributed by atoms with Gasteiger partial charge in [-0.15, -0.1) is 0 Å². The van der Waals surface area contributed by atoms with Crippen LogP contribution < -0.4 is 4.43 Å². The molecule has 6 atom stereocenters. The van der Waals surface area contributed by atoms with Crippen LogP contribution in [0.2, 0.25) is 18.1 Å². The van der Waals surface area contributed by atoms with Crippen LogP contribution in [0.5, 0.6) is 5.75 Å². The van der Waals surface area contributed by atoms with Crippen LogP contribution in [-0.2, 0) is 16.6 Å². The van der Waals surface area contributed by atoms with Crippen molar-refractivity contribution in [1.29, 1.82) is 0 Å². The van der Waals surface area contributed by atoms with Gasteiger partial charge < -0.3 is 14.1 Å². The maximum Gasteiger partial charge on any atom is 0.410 e. The van der Waals surface area contributed by atoms with Gasteiger partial charge in [-0.3, -0.25) is 4.90 Å². The van der Waals surface area contributed by atoms with Crippen LogP contribution in [0.25, 0.3) is 0 Å². The number of hydrogen-bond acceptors (Lipinski definition) is 4. The molecule has 6 aliphatic rings. The SMILES string of the molecule is CC(C)(C)[Si](C)(C)Oc1ccc2c(c1)C13CCN(C4CCC4)C(C2)C12CCC1C3[C@@H](CN1C(=O)OCC(Cl)(Cl)Cl)C2. The van der Waals surface area contributed by atoms with Gasteiger partial charge in [0.2, 0.25) is 12.1 Å². The first-order valence-corrected chi connectivity index (χ1v) is 19.8. The van der Waals surface area contributed by atoms with Gasteiger partial charge in [-0.05, 0) is 110 Å². The fourth-order valence-corrected chi connectivity index (χ4v) is 11.3. The first kappa shape index (κ1) is 29.1. The number of ether oxygens (including phenoxy) is 1. The van der Waals surface area contributed by atoms with Crippen molar-refractivity contribution in [3.63, 3.8) is 0 Å². The minimum atomic E-state index is -1.99. The third kappa shape index (κ3) is 4.19. The van der Waals surface area contributed by atoms with Gasteiger partial charge in [-0.25, -0.2) is 4.79 Å². The van der Waals surface area contributed by atoms with E-state index in [0.29, 0.717) is 17.9 Å². The number of halogens is 3. The lowest BCUT2D eigenvalue weighted by Gasteiger charge is -2.68. The number of carbonyl (C=O) groups excluding carboxylic acids is 1. The maximum absolute atomic E-state index is 13.4. The molecular weight excluding hydrogens is 595 g/mol. The molecule has 2 saturated heterocycles. The van der Waals surface area contributed by atoms with Crippen molar-refractivity contribution in [2.75, 3.05) is 19.7 Å². The number of piperidine rings is 1. The topological polar surface area (TPSA) is 42.0 Å². The lowest BCUT2D eigenvalue weighted by molar-refractivity contribution is -0.123. The van der Waals surface area contributed by atoms with Crippen LogP contribution in [0.4, 0.5) is 4.79 Å². The van der Waals surface area contributed by atoms with E-state index in [9.17, 15) is 4.79 Å². The molecule has 0 aromatic heterocycles. The van der Waals surface area contributed by atoms with Crippen molar-refractivity contribution in [1.82, 2.24) is 9.80 Å². The largest absolute Gasteiger partial charge is 0.543 e. The van der Waals surface area contributed by atoms with Crippen LogP contribution in [0.3, 0.4) is 0 Å². The molecule has 7 rings (SSSR count). The molecule has 1 aromatic carbocycles. The molecule has 226 valence electrons. The first-order chi connectivity index (χ1) is 19.2. The average Bonchev–Trinajstić information content (AvgIpc) is 3.28. The molecule has 5 nitrogen and oxygen atoms in total. The molecule has 0 spiro atoms. The van der Waals surface area contributed by atoms with Crippen LogP contribution >= 0.6 is 34.8 Å². The lowest BCUT2D eigenvalue weighted by Crippen LogP contribution is -2.71. The maximum atomic E-state index is 13.4. The Labute approximate surface area is 261 Å². The number of alkyl halides is 3. The lowest BCUT2D eigenvalue weighted by atomic mass is 9.43. The second kappa shape index (κ2) is 9.42. The van der Waals surface area contributed by atoms with Crippen molar-refractivity contribution in [3.8, 4) is 5.75 Å². The molecule has 0 N–H and O–H groups in total. The van der Waals surface area contributed by atoms with Gasteiger partial charge in [-0.2, -0.15) is 0 Å². The van der Waals surface area contributed by atoms with Crippen molar-refractivity contribution >= 4 is 49.2 Å². The van der Waals surface area contributed by atoms with Gasteiger partial charge in [0.25, 0.3) is 0 Å². The van der Waals surface area contributed by atoms with Gasteiger partial charge in [-0.1, -0.05) is 68.1 Å². The van der Waals surface area contributed by atoms with Crippen molar-refractivity contribution in [3.05, 3.63) is 29.3 Å². The van der Waals surface area contributed by atoms with E-state index >= 15 is 0 Å². The third-order valence-corrected chi connectivity index (χ3v) is 17.5. The number of amides is 1. The third-order valence-electron chi connectivity index (χ3n) is 12.8. The number of nitrogens with zero attached hydrogens (tertiary/aromatic N) is 2. The van der Waals surface area contributed by atoms with E-state index in [2.05, 4.69) is 57.0 Å². The molecule has 2 aliphatic heterocycles. The highest BCUT2D eigenvalue weighted by Gasteiger charge is 2.76. The monoisotopic (exact) mass is 638 g/mol. The smallest absolute Gasteiger partial charge is 0.410 e. The second-order valence-electron chi connectivity index (χ2n) is 15.5. The predicted molar refractivity (Wildman–Crippen MR) is 168 cm³/mol. The standard InChI is InChI=1S/C32H45Cl3N2O3Si/c1-29(2,3)41(4,5)40-23-10-9-20-15-26-30-12-11-25-27(21(17-30)18-37(25)28(38)39-19-32(33,34)35)31(30,24(20)16-23)13-14-36(26)22-7-6-8-22/h9-10,16,21-22,25-27H,6-8,11-15,17-19H2,1-5H3/t21-,25?,26?,27?,30?,31?/m1/s1. The summed E-state index contributed by atoms with van der Waals surface area (Å²) in [4.78, 5) is 18.3. The number of rotatable bonds is 4. The number of benzene rings is 1. The fourth-order valence-electron chi connectivity index (χ4n) is 10.1.